The zero-order valence-corrected chi connectivity index (χ0v) is 33.2. The molecule has 7 rings (SSSR count). The lowest BCUT2D eigenvalue weighted by Crippen LogP contribution is -2.15. The molecule has 0 fully saturated rings. The van der Waals surface area contributed by atoms with Crippen molar-refractivity contribution in [3.63, 3.8) is 0 Å². The first-order chi connectivity index (χ1) is 26.8. The van der Waals surface area contributed by atoms with Crippen molar-refractivity contribution in [3.8, 4) is 41.3 Å². The highest BCUT2D eigenvalue weighted by molar-refractivity contribution is 5.89. The number of methoxy groups -OCH3 is 2. The molecule has 0 atom stereocenters. The monoisotopic (exact) mass is 739 g/mol. The van der Waals surface area contributed by atoms with Crippen LogP contribution < -0.4 is 4.74 Å². The van der Waals surface area contributed by atoms with Crippen molar-refractivity contribution in [2.24, 2.45) is 0 Å². The van der Waals surface area contributed by atoms with Crippen LogP contribution in [0.2, 0.25) is 0 Å². The number of carbonyl (C=O) groups excluding carboxylic acids is 1. The summed E-state index contributed by atoms with van der Waals surface area (Å²) in [6, 6.07) is 25.6. The number of esters is 1. The van der Waals surface area contributed by atoms with E-state index >= 15 is 0 Å². The smallest absolute Gasteiger partial charge is 0.337 e. The van der Waals surface area contributed by atoms with Crippen LogP contribution >= 0.6 is 0 Å². The second-order valence-electron chi connectivity index (χ2n) is 15.8. The van der Waals surface area contributed by atoms with Crippen molar-refractivity contribution in [3.05, 3.63) is 135 Å². The summed E-state index contributed by atoms with van der Waals surface area (Å²) in [6.45, 7) is 9.52. The molecule has 0 amide bonds. The molecule has 8 heteroatoms. The Kier molecular flexibility index (Phi) is 10.3. The van der Waals surface area contributed by atoms with Crippen molar-refractivity contribution < 1.29 is 14.3 Å². The summed E-state index contributed by atoms with van der Waals surface area (Å²) in [4.78, 5) is 31.6. The number of nitrogens with one attached hydrogen (secondary N) is 2. The molecule has 8 nitrogen and oxygen atoms in total. The van der Waals surface area contributed by atoms with Gasteiger partial charge < -0.3 is 19.4 Å². The van der Waals surface area contributed by atoms with E-state index in [-0.39, 0.29) is 16.8 Å². The first-order valence-electron chi connectivity index (χ1n) is 18.6. The Labute approximate surface area is 328 Å². The van der Waals surface area contributed by atoms with E-state index in [4.69, 9.17) is 19.4 Å². The summed E-state index contributed by atoms with van der Waals surface area (Å²) in [5.74, 6) is 20.1. The second-order valence-corrected chi connectivity index (χ2v) is 15.8. The van der Waals surface area contributed by atoms with Gasteiger partial charge in [0, 0.05) is 68.5 Å². The molecule has 0 saturated heterocycles. The van der Waals surface area contributed by atoms with Crippen LogP contribution in [-0.4, -0.2) is 65.7 Å². The molecule has 3 aromatic heterocycles. The Morgan fingerprint density at radius 3 is 1.93 bits per heavy atom. The zero-order valence-electron chi connectivity index (χ0n) is 33.2. The molecule has 2 aliphatic rings. The van der Waals surface area contributed by atoms with Gasteiger partial charge in [0.05, 0.1) is 54.2 Å². The number of carbonyl (C=O) groups is 1. The van der Waals surface area contributed by atoms with Gasteiger partial charge in [-0.3, -0.25) is 14.9 Å². The molecular formula is C48H45N5O3. The minimum Gasteiger partial charge on any atom is -0.493 e. The Hall–Kier alpha value is -6.53. The lowest BCUT2D eigenvalue weighted by atomic mass is 9.87. The van der Waals surface area contributed by atoms with Crippen molar-refractivity contribution in [2.75, 3.05) is 34.9 Å². The number of fused-ring (bicyclic) bond motifs is 8. The molecule has 0 radical (unpaired) electrons. The van der Waals surface area contributed by atoms with Crippen LogP contribution in [-0.2, 0) is 28.4 Å². The van der Waals surface area contributed by atoms with Gasteiger partial charge >= 0.3 is 5.97 Å². The number of benzene rings is 2. The maximum absolute atomic E-state index is 11.9. The summed E-state index contributed by atoms with van der Waals surface area (Å²) < 4.78 is 11.0. The molecule has 5 aromatic rings. The molecule has 2 aliphatic heterocycles. The first-order valence-corrected chi connectivity index (χ1v) is 18.6. The summed E-state index contributed by atoms with van der Waals surface area (Å²) in [5, 5.41) is 0. The number of rotatable bonds is 3. The largest absolute Gasteiger partial charge is 0.493 e. The van der Waals surface area contributed by atoms with Crippen molar-refractivity contribution >= 4 is 28.0 Å². The molecular weight excluding hydrogens is 695 g/mol. The molecule has 280 valence electrons. The maximum atomic E-state index is 11.9. The molecule has 0 spiro atoms. The fourth-order valence-corrected chi connectivity index (χ4v) is 6.87. The van der Waals surface area contributed by atoms with Crippen LogP contribution in [0.1, 0.15) is 88.6 Å². The SMILES string of the molecule is COC(=O)c1ccc(C#Cc2cc3cc4nc(c(OC)c5[nH]c(cc6nc(cc2[nH]3)CC6(C)C)cc5C#Cc2ccc(C#CCN(C)C)cc2)CC4(C)C)cc1. The maximum Gasteiger partial charge on any atom is 0.337 e. The number of aromatic nitrogens is 4. The number of aromatic amines is 2. The highest BCUT2D eigenvalue weighted by Gasteiger charge is 2.32. The van der Waals surface area contributed by atoms with Crippen LogP contribution in [0, 0.1) is 35.5 Å². The van der Waals surface area contributed by atoms with E-state index in [1.807, 2.05) is 55.4 Å². The summed E-state index contributed by atoms with van der Waals surface area (Å²) in [5.41, 5.74) is 11.4. The average Bonchev–Trinajstić information content (AvgIpc) is 3.89. The lowest BCUT2D eigenvalue weighted by Gasteiger charge is -2.16. The van der Waals surface area contributed by atoms with Gasteiger partial charge in [0.25, 0.3) is 0 Å². The quantitative estimate of drug-likeness (QED) is 0.145. The fourth-order valence-electron chi connectivity index (χ4n) is 6.87. The fraction of sp³-hybridized carbons (Fsp3) is 0.271. The van der Waals surface area contributed by atoms with Gasteiger partial charge in [0.1, 0.15) is 0 Å². The predicted molar refractivity (Wildman–Crippen MR) is 223 cm³/mol. The number of H-pyrrole nitrogens is 2. The Morgan fingerprint density at radius 2 is 1.29 bits per heavy atom. The van der Waals surface area contributed by atoms with Crippen molar-refractivity contribution in [1.29, 1.82) is 0 Å². The van der Waals surface area contributed by atoms with E-state index in [9.17, 15) is 4.79 Å². The summed E-state index contributed by atoms with van der Waals surface area (Å²) >= 11 is 0. The average molecular weight is 740 g/mol. The number of ether oxygens (including phenoxy) is 2. The molecule has 56 heavy (non-hydrogen) atoms. The second kappa shape index (κ2) is 15.3. The van der Waals surface area contributed by atoms with Crippen LogP contribution in [0.3, 0.4) is 0 Å². The lowest BCUT2D eigenvalue weighted by molar-refractivity contribution is 0.0600. The topological polar surface area (TPSA) is 96.1 Å². The Morgan fingerprint density at radius 1 is 0.714 bits per heavy atom. The van der Waals surface area contributed by atoms with Gasteiger partial charge in [0.15, 0.2) is 5.75 Å². The third-order valence-corrected chi connectivity index (χ3v) is 9.94. The number of nitrogens with zero attached hydrogens (tertiary/aromatic N) is 3. The van der Waals surface area contributed by atoms with Gasteiger partial charge in [-0.1, -0.05) is 63.2 Å². The number of hydrogen-bond acceptors (Lipinski definition) is 6. The van der Waals surface area contributed by atoms with E-state index in [1.165, 1.54) is 7.11 Å². The normalized spacial score (nSPS) is 13.7. The molecule has 0 saturated carbocycles. The molecule has 2 N–H and O–H groups in total. The molecule has 0 unspecified atom stereocenters. The summed E-state index contributed by atoms with van der Waals surface area (Å²) in [6.07, 6.45) is 1.43. The molecule has 8 bridgehead atoms. The highest BCUT2D eigenvalue weighted by Crippen LogP contribution is 2.37. The summed E-state index contributed by atoms with van der Waals surface area (Å²) in [7, 11) is 7.07. The van der Waals surface area contributed by atoms with Crippen molar-refractivity contribution in [1.82, 2.24) is 24.8 Å². The third kappa shape index (κ3) is 8.25. The van der Waals surface area contributed by atoms with Crippen LogP contribution in [0.15, 0.2) is 78.9 Å². The first kappa shape index (κ1) is 37.8. The third-order valence-electron chi connectivity index (χ3n) is 9.94. The standard InChI is InChI=1S/C48H45N5O3/c1-47(2)29-39-26-40-35(21-17-33-15-19-34(20-16-33)46(54)56-8)24-37(49-40)27-43-48(3,4)30-41(52-43)45(55-7)44-36(25-38(51-44)28-42(47)50-39)22-18-32-13-11-31(12-14-32)10-9-23-53(5)6/h11-16,19-20,24-28,49,51H,23,29-30H2,1-8H3. The number of hydrogen-bond donors (Lipinski definition) is 2. The van der Waals surface area contributed by atoms with Gasteiger partial charge in [0.2, 0.25) is 0 Å². The Bertz CT molecular complexity index is 2700. The van der Waals surface area contributed by atoms with E-state index in [0.717, 1.165) is 79.1 Å². The molecule has 5 heterocycles. The van der Waals surface area contributed by atoms with Gasteiger partial charge in [-0.2, -0.15) is 0 Å². The van der Waals surface area contributed by atoms with E-state index in [2.05, 4.69) is 104 Å². The van der Waals surface area contributed by atoms with Crippen LogP contribution in [0.25, 0.3) is 22.1 Å². The minimum atomic E-state index is -0.380. The van der Waals surface area contributed by atoms with E-state index < -0.39 is 0 Å². The van der Waals surface area contributed by atoms with Crippen molar-refractivity contribution in [2.45, 2.75) is 51.4 Å². The van der Waals surface area contributed by atoms with Gasteiger partial charge in [-0.25, -0.2) is 4.79 Å². The van der Waals surface area contributed by atoms with Crippen LogP contribution in [0.4, 0.5) is 0 Å². The van der Waals surface area contributed by atoms with Gasteiger partial charge in [-0.05, 0) is 93.0 Å². The Balaban J connectivity index is 1.39. The molecule has 0 aliphatic carbocycles. The van der Waals surface area contributed by atoms with Gasteiger partial charge in [-0.15, -0.1) is 0 Å². The molecule has 2 aromatic carbocycles. The highest BCUT2D eigenvalue weighted by atomic mass is 16.5. The zero-order chi connectivity index (χ0) is 39.6. The van der Waals surface area contributed by atoms with E-state index in [1.54, 1.807) is 19.2 Å². The minimum absolute atomic E-state index is 0.223. The predicted octanol–water partition coefficient (Wildman–Crippen LogP) is 7.86. The van der Waals surface area contributed by atoms with E-state index in [0.29, 0.717) is 24.3 Å². The van der Waals surface area contributed by atoms with Crippen LogP contribution in [0.5, 0.6) is 5.75 Å².